The van der Waals surface area contributed by atoms with Crippen molar-refractivity contribution in [2.24, 2.45) is 11.8 Å². The SMILES string of the molecule is CC(C)C(=O)NCc1ccc(Cl)c(C2NC(=O)C3CCC(c4ccc(C(F)(F)F)cc4)NC3N2)c1. The molecule has 0 aliphatic carbocycles. The molecule has 4 rings (SSSR count). The molecule has 6 nitrogen and oxygen atoms in total. The molecule has 2 aliphatic heterocycles. The van der Waals surface area contributed by atoms with Gasteiger partial charge in [-0.25, -0.2) is 0 Å². The van der Waals surface area contributed by atoms with Gasteiger partial charge in [0.25, 0.3) is 0 Å². The van der Waals surface area contributed by atoms with Crippen molar-refractivity contribution < 1.29 is 22.8 Å². The van der Waals surface area contributed by atoms with Crippen LogP contribution < -0.4 is 21.3 Å². The van der Waals surface area contributed by atoms with Crippen molar-refractivity contribution in [1.82, 2.24) is 21.3 Å². The third-order valence-corrected chi connectivity index (χ3v) is 6.87. The number of fused-ring (bicyclic) bond motifs is 1. The molecule has 2 aliphatic rings. The van der Waals surface area contributed by atoms with Crippen LogP contribution in [0.15, 0.2) is 42.5 Å². The van der Waals surface area contributed by atoms with Gasteiger partial charge in [0.1, 0.15) is 6.17 Å². The van der Waals surface area contributed by atoms with Crippen molar-refractivity contribution in [3.8, 4) is 0 Å². The van der Waals surface area contributed by atoms with Gasteiger partial charge in [-0.15, -0.1) is 0 Å². The molecule has 0 saturated carbocycles. The number of amides is 2. The molecule has 10 heteroatoms. The van der Waals surface area contributed by atoms with Gasteiger partial charge in [-0.1, -0.05) is 43.6 Å². The fraction of sp³-hybridized carbons (Fsp3) is 0.440. The molecule has 2 fully saturated rings. The summed E-state index contributed by atoms with van der Waals surface area (Å²) in [7, 11) is 0. The minimum absolute atomic E-state index is 0.0610. The summed E-state index contributed by atoms with van der Waals surface area (Å²) in [6.07, 6.45) is -4.11. The maximum Gasteiger partial charge on any atom is 0.416 e. The monoisotopic (exact) mass is 508 g/mol. The number of carbonyl (C=O) groups is 2. The molecule has 0 radical (unpaired) electrons. The van der Waals surface area contributed by atoms with Crippen molar-refractivity contribution in [3.05, 3.63) is 69.7 Å². The Morgan fingerprint density at radius 1 is 1.11 bits per heavy atom. The minimum atomic E-state index is -4.38. The maximum absolute atomic E-state index is 12.9. The first-order valence-electron chi connectivity index (χ1n) is 11.6. The average molecular weight is 509 g/mol. The predicted molar refractivity (Wildman–Crippen MR) is 126 cm³/mol. The van der Waals surface area contributed by atoms with E-state index < -0.39 is 17.9 Å². The van der Waals surface area contributed by atoms with Gasteiger partial charge in [-0.05, 0) is 48.2 Å². The summed E-state index contributed by atoms with van der Waals surface area (Å²) in [5.74, 6) is -0.627. The molecule has 4 N–H and O–H groups in total. The Balaban J connectivity index is 1.48. The minimum Gasteiger partial charge on any atom is -0.352 e. The summed E-state index contributed by atoms with van der Waals surface area (Å²) in [5, 5.41) is 13.1. The molecule has 0 spiro atoms. The Hall–Kier alpha value is -2.62. The van der Waals surface area contributed by atoms with Gasteiger partial charge in [0, 0.05) is 29.1 Å². The predicted octanol–water partition coefficient (Wildman–Crippen LogP) is 4.42. The molecule has 2 heterocycles. The Morgan fingerprint density at radius 3 is 2.49 bits per heavy atom. The van der Waals surface area contributed by atoms with E-state index >= 15 is 0 Å². The fourth-order valence-corrected chi connectivity index (χ4v) is 4.73. The van der Waals surface area contributed by atoms with Crippen LogP contribution >= 0.6 is 11.6 Å². The zero-order valence-corrected chi connectivity index (χ0v) is 20.1. The number of rotatable bonds is 5. The standard InChI is InChI=1S/C25H28ClF3N4O2/c1-13(2)23(34)30-12-14-3-9-19(26)18(11-14)22-32-21-17(24(35)33-22)8-10-20(31-21)15-4-6-16(7-5-15)25(27,28)29/h3-7,9,11,13,17,20-22,31-32H,8,10,12H2,1-2H3,(H,30,34)(H,33,35). The molecular weight excluding hydrogens is 481 g/mol. The number of carbonyl (C=O) groups excluding carboxylic acids is 2. The molecule has 2 amide bonds. The number of benzene rings is 2. The lowest BCUT2D eigenvalue weighted by atomic mass is 9.86. The van der Waals surface area contributed by atoms with Gasteiger partial charge in [-0.3, -0.25) is 20.2 Å². The van der Waals surface area contributed by atoms with E-state index in [0.717, 1.165) is 23.3 Å². The van der Waals surface area contributed by atoms with Gasteiger partial charge in [0.05, 0.1) is 17.6 Å². The van der Waals surface area contributed by atoms with E-state index in [2.05, 4.69) is 21.3 Å². The molecule has 4 unspecified atom stereocenters. The Morgan fingerprint density at radius 2 is 1.83 bits per heavy atom. The normalized spacial score (nSPS) is 24.6. The van der Waals surface area contributed by atoms with Crippen LogP contribution in [0, 0.1) is 11.8 Å². The Kier molecular flexibility index (Phi) is 7.40. The van der Waals surface area contributed by atoms with Crippen LogP contribution in [0.1, 0.15) is 61.2 Å². The van der Waals surface area contributed by atoms with Gasteiger partial charge in [0.15, 0.2) is 0 Å². The molecule has 0 bridgehead atoms. The highest BCUT2D eigenvalue weighted by molar-refractivity contribution is 6.31. The zero-order valence-electron chi connectivity index (χ0n) is 19.4. The smallest absolute Gasteiger partial charge is 0.352 e. The lowest BCUT2D eigenvalue weighted by molar-refractivity contribution is -0.137. The molecule has 0 aromatic heterocycles. The number of nitrogens with one attached hydrogen (secondary N) is 4. The van der Waals surface area contributed by atoms with Crippen molar-refractivity contribution in [3.63, 3.8) is 0 Å². The maximum atomic E-state index is 12.9. The molecule has 188 valence electrons. The fourth-order valence-electron chi connectivity index (χ4n) is 4.50. The van der Waals surface area contributed by atoms with E-state index in [1.807, 2.05) is 26.0 Å². The van der Waals surface area contributed by atoms with E-state index in [-0.39, 0.29) is 35.9 Å². The van der Waals surface area contributed by atoms with Crippen LogP contribution in [0.3, 0.4) is 0 Å². The highest BCUT2D eigenvalue weighted by Gasteiger charge is 2.41. The summed E-state index contributed by atoms with van der Waals surface area (Å²) in [5.41, 5.74) is 1.56. The van der Waals surface area contributed by atoms with Gasteiger partial charge >= 0.3 is 6.18 Å². The molecule has 2 saturated heterocycles. The van der Waals surface area contributed by atoms with Gasteiger partial charge < -0.3 is 10.6 Å². The molecule has 2 aromatic carbocycles. The first-order valence-corrected chi connectivity index (χ1v) is 12.0. The van der Waals surface area contributed by atoms with Gasteiger partial charge in [0.2, 0.25) is 11.8 Å². The molecule has 35 heavy (non-hydrogen) atoms. The first-order chi connectivity index (χ1) is 16.5. The van der Waals surface area contributed by atoms with Crippen molar-refractivity contribution >= 4 is 23.4 Å². The Bertz CT molecular complexity index is 1090. The van der Waals surface area contributed by atoms with Crippen molar-refractivity contribution in [2.45, 2.75) is 57.8 Å². The molecular formula is C25H28ClF3N4O2. The van der Waals surface area contributed by atoms with E-state index in [4.69, 9.17) is 11.6 Å². The second-order valence-corrected chi connectivity index (χ2v) is 9.74. The number of halogens is 4. The largest absolute Gasteiger partial charge is 0.416 e. The Labute approximate surface area is 207 Å². The van der Waals surface area contributed by atoms with Crippen LogP contribution in [0.2, 0.25) is 5.02 Å². The number of alkyl halides is 3. The van der Waals surface area contributed by atoms with Crippen molar-refractivity contribution in [1.29, 1.82) is 0 Å². The first kappa shape index (κ1) is 25.5. The highest BCUT2D eigenvalue weighted by atomic mass is 35.5. The summed E-state index contributed by atoms with van der Waals surface area (Å²) >= 11 is 6.45. The molecule has 4 atom stereocenters. The van der Waals surface area contributed by atoms with Crippen LogP contribution in [0.25, 0.3) is 0 Å². The van der Waals surface area contributed by atoms with Crippen LogP contribution in [0.5, 0.6) is 0 Å². The van der Waals surface area contributed by atoms with Crippen molar-refractivity contribution in [2.75, 3.05) is 0 Å². The van der Waals surface area contributed by atoms with E-state index in [0.29, 0.717) is 30.0 Å². The van der Waals surface area contributed by atoms with Crippen LogP contribution in [0.4, 0.5) is 13.2 Å². The summed E-state index contributed by atoms with van der Waals surface area (Å²) in [6, 6.07) is 10.3. The van der Waals surface area contributed by atoms with E-state index in [9.17, 15) is 22.8 Å². The topological polar surface area (TPSA) is 82.3 Å². The van der Waals surface area contributed by atoms with Gasteiger partial charge in [-0.2, -0.15) is 13.2 Å². The lowest BCUT2D eigenvalue weighted by Crippen LogP contribution is -2.64. The highest BCUT2D eigenvalue weighted by Crippen LogP contribution is 2.35. The number of piperidine rings is 1. The summed E-state index contributed by atoms with van der Waals surface area (Å²) in [6.45, 7) is 3.97. The second kappa shape index (κ2) is 10.2. The van der Waals surface area contributed by atoms with Crippen LogP contribution in [-0.4, -0.2) is 18.0 Å². The quantitative estimate of drug-likeness (QED) is 0.482. The number of hydrogen-bond acceptors (Lipinski definition) is 4. The van der Waals surface area contributed by atoms with Crippen LogP contribution in [-0.2, 0) is 22.3 Å². The van der Waals surface area contributed by atoms with E-state index in [1.54, 1.807) is 6.07 Å². The third-order valence-electron chi connectivity index (χ3n) is 6.52. The number of hydrogen-bond donors (Lipinski definition) is 4. The average Bonchev–Trinajstić information content (AvgIpc) is 2.82. The third kappa shape index (κ3) is 5.79. The van der Waals surface area contributed by atoms with E-state index in [1.165, 1.54) is 12.1 Å². The molecule has 2 aromatic rings. The summed E-state index contributed by atoms with van der Waals surface area (Å²) in [4.78, 5) is 24.8. The second-order valence-electron chi connectivity index (χ2n) is 9.34. The lowest BCUT2D eigenvalue weighted by Gasteiger charge is -2.44. The summed E-state index contributed by atoms with van der Waals surface area (Å²) < 4.78 is 38.7. The zero-order chi connectivity index (χ0) is 25.3.